The second kappa shape index (κ2) is 9.71. The van der Waals surface area contributed by atoms with Crippen molar-refractivity contribution in [1.29, 1.82) is 0 Å². The lowest BCUT2D eigenvalue weighted by atomic mass is 9.86. The monoisotopic (exact) mass is 493 g/mol. The predicted molar refractivity (Wildman–Crippen MR) is 136 cm³/mol. The fraction of sp³-hybridized carbons (Fsp3) is 0.481. The van der Waals surface area contributed by atoms with Gasteiger partial charge in [-0.1, -0.05) is 12.6 Å². The van der Waals surface area contributed by atoms with Crippen molar-refractivity contribution in [1.82, 2.24) is 14.8 Å². The molecule has 2 atom stereocenters. The van der Waals surface area contributed by atoms with Crippen LogP contribution in [0.4, 0.5) is 21.6 Å². The number of fused-ring (bicyclic) bond motifs is 2. The Morgan fingerprint density at radius 3 is 2.78 bits per heavy atom. The summed E-state index contributed by atoms with van der Waals surface area (Å²) >= 11 is 0. The highest BCUT2D eigenvalue weighted by molar-refractivity contribution is 5.87. The largest absolute Gasteiger partial charge is 0.487 e. The average Bonchev–Trinajstić information content (AvgIpc) is 3.07. The van der Waals surface area contributed by atoms with Crippen LogP contribution >= 0.6 is 0 Å². The van der Waals surface area contributed by atoms with Crippen molar-refractivity contribution in [2.45, 2.75) is 31.2 Å². The first-order chi connectivity index (χ1) is 17.6. The number of carbonyl (C=O) groups is 1. The minimum absolute atomic E-state index is 0.0502. The van der Waals surface area contributed by atoms with Gasteiger partial charge in [0.15, 0.2) is 0 Å². The van der Waals surface area contributed by atoms with Gasteiger partial charge < -0.3 is 24.6 Å². The Hall–Kier alpha value is -3.17. The number of morpholine rings is 1. The van der Waals surface area contributed by atoms with Crippen LogP contribution < -0.4 is 15.0 Å². The Balaban J connectivity index is 1.16. The van der Waals surface area contributed by atoms with Crippen molar-refractivity contribution in [3.63, 3.8) is 0 Å². The van der Waals surface area contributed by atoms with Gasteiger partial charge in [-0.2, -0.15) is 0 Å². The zero-order valence-electron chi connectivity index (χ0n) is 20.4. The number of aromatic nitrogens is 1. The molecule has 190 valence electrons. The third kappa shape index (κ3) is 4.30. The lowest BCUT2D eigenvalue weighted by Gasteiger charge is -2.48. The van der Waals surface area contributed by atoms with Crippen LogP contribution in [-0.4, -0.2) is 85.4 Å². The van der Waals surface area contributed by atoms with Crippen molar-refractivity contribution in [3.05, 3.63) is 54.2 Å². The van der Waals surface area contributed by atoms with Gasteiger partial charge in [-0.05, 0) is 42.8 Å². The fourth-order valence-electron chi connectivity index (χ4n) is 5.74. The van der Waals surface area contributed by atoms with E-state index in [1.54, 1.807) is 4.90 Å². The number of benzene rings is 1. The van der Waals surface area contributed by atoms with E-state index in [0.29, 0.717) is 39.5 Å². The third-order valence-corrected chi connectivity index (χ3v) is 7.88. The summed E-state index contributed by atoms with van der Waals surface area (Å²) in [6.07, 6.45) is 2.94. The van der Waals surface area contributed by atoms with Crippen molar-refractivity contribution in [2.75, 3.05) is 62.7 Å². The molecule has 1 aromatic carbocycles. The number of hydrogen-bond donors (Lipinski definition) is 1. The van der Waals surface area contributed by atoms with Crippen LogP contribution in [-0.2, 0) is 16.1 Å². The minimum atomic E-state index is -0.967. The van der Waals surface area contributed by atoms with E-state index in [1.807, 2.05) is 30.5 Å². The minimum Gasteiger partial charge on any atom is -0.487 e. The third-order valence-electron chi connectivity index (χ3n) is 7.88. The molecule has 9 heteroatoms. The van der Waals surface area contributed by atoms with E-state index in [4.69, 9.17) is 9.47 Å². The fourth-order valence-corrected chi connectivity index (χ4v) is 5.74. The maximum atomic E-state index is 15.4. The molecule has 0 radical (unpaired) electrons. The number of pyridine rings is 1. The molecular weight excluding hydrogens is 461 g/mol. The first-order valence-electron chi connectivity index (χ1n) is 12.7. The summed E-state index contributed by atoms with van der Waals surface area (Å²) in [5.74, 6) is 1.31. The molecule has 4 aliphatic rings. The number of amides is 1. The average molecular weight is 494 g/mol. The van der Waals surface area contributed by atoms with Gasteiger partial charge in [0.05, 0.1) is 24.5 Å². The molecule has 0 unspecified atom stereocenters. The van der Waals surface area contributed by atoms with Crippen LogP contribution in [0, 0.1) is 0 Å². The van der Waals surface area contributed by atoms with E-state index in [2.05, 4.69) is 26.7 Å². The van der Waals surface area contributed by atoms with Crippen LogP contribution in [0.3, 0.4) is 0 Å². The molecule has 36 heavy (non-hydrogen) atoms. The van der Waals surface area contributed by atoms with Crippen LogP contribution in [0.25, 0.3) is 0 Å². The number of halogens is 1. The highest BCUT2D eigenvalue weighted by atomic mass is 19.1. The van der Waals surface area contributed by atoms with Gasteiger partial charge in [0.25, 0.3) is 0 Å². The van der Waals surface area contributed by atoms with Crippen LogP contribution in [0.5, 0.6) is 5.75 Å². The normalized spacial score (nSPS) is 24.5. The van der Waals surface area contributed by atoms with Gasteiger partial charge in [0.2, 0.25) is 5.91 Å². The maximum absolute atomic E-state index is 15.4. The molecule has 0 saturated carbocycles. The molecule has 4 aliphatic heterocycles. The second-order valence-electron chi connectivity index (χ2n) is 9.93. The standard InChI is InChI=1S/C27H32FN5O3/c1-2-26(34)33-14-19(15-33)32-8-6-20(22(28)16-32)18-3-4-25-23(13-18)30-27-21(17-36-25)24(5-7-29-27)31-9-11-35-12-10-31/h2-5,7,13,19-20,22H,1,6,8-12,14-17H2,(H,29,30)/t20-,22+/m0/s1. The van der Waals surface area contributed by atoms with Gasteiger partial charge in [0, 0.05) is 56.6 Å². The molecule has 1 N–H and O–H groups in total. The molecule has 0 aliphatic carbocycles. The molecule has 5 heterocycles. The number of piperidine rings is 1. The van der Waals surface area contributed by atoms with Crippen molar-refractivity contribution >= 4 is 23.1 Å². The number of carbonyl (C=O) groups excluding carboxylic acids is 1. The summed E-state index contributed by atoms with van der Waals surface area (Å²) in [7, 11) is 0. The van der Waals surface area contributed by atoms with Crippen molar-refractivity contribution < 1.29 is 18.7 Å². The predicted octanol–water partition coefficient (Wildman–Crippen LogP) is 3.08. The number of nitrogens with zero attached hydrogens (tertiary/aromatic N) is 4. The lowest BCUT2D eigenvalue weighted by Crippen LogP contribution is -2.63. The molecule has 1 aromatic heterocycles. The molecule has 0 bridgehead atoms. The number of hydrogen-bond acceptors (Lipinski definition) is 7. The summed E-state index contributed by atoms with van der Waals surface area (Å²) < 4.78 is 27.1. The van der Waals surface area contributed by atoms with Crippen LogP contribution in [0.1, 0.15) is 23.5 Å². The molecule has 2 aromatic rings. The zero-order chi connectivity index (χ0) is 24.6. The van der Waals surface area contributed by atoms with E-state index < -0.39 is 6.17 Å². The number of alkyl halides is 1. The first kappa shape index (κ1) is 23.2. The summed E-state index contributed by atoms with van der Waals surface area (Å²) in [4.78, 5) is 22.6. The second-order valence-corrected chi connectivity index (χ2v) is 9.93. The number of anilines is 3. The molecule has 8 nitrogen and oxygen atoms in total. The SMILES string of the molecule is C=CC(=O)N1CC(N2CC[C@@H](c3ccc4c(c3)Nc3nccc(N5CCOCC5)c3CO4)[C@H](F)C2)C1. The number of likely N-dealkylation sites (tertiary alicyclic amines) is 2. The molecule has 6 rings (SSSR count). The van der Waals surface area contributed by atoms with Gasteiger partial charge in [-0.25, -0.2) is 9.37 Å². The van der Waals surface area contributed by atoms with E-state index in [9.17, 15) is 4.79 Å². The van der Waals surface area contributed by atoms with E-state index in [0.717, 1.165) is 60.1 Å². The Labute approximate surface area is 210 Å². The number of rotatable bonds is 4. The quantitative estimate of drug-likeness (QED) is 0.657. The molecule has 3 saturated heterocycles. The van der Waals surface area contributed by atoms with Crippen LogP contribution in [0.15, 0.2) is 43.1 Å². The topological polar surface area (TPSA) is 70.2 Å². The maximum Gasteiger partial charge on any atom is 0.246 e. The van der Waals surface area contributed by atoms with E-state index in [-0.39, 0.29) is 17.9 Å². The lowest BCUT2D eigenvalue weighted by molar-refractivity contribution is -0.134. The molecule has 3 fully saturated rings. The van der Waals surface area contributed by atoms with Gasteiger partial charge >= 0.3 is 0 Å². The van der Waals surface area contributed by atoms with Gasteiger partial charge in [-0.15, -0.1) is 0 Å². The van der Waals surface area contributed by atoms with E-state index >= 15 is 4.39 Å². The summed E-state index contributed by atoms with van der Waals surface area (Å²) in [6, 6.07) is 8.23. The molecule has 0 spiro atoms. The van der Waals surface area contributed by atoms with Crippen molar-refractivity contribution in [3.8, 4) is 5.75 Å². The summed E-state index contributed by atoms with van der Waals surface area (Å²) in [6.45, 7) is 9.59. The number of nitrogens with one attached hydrogen (secondary N) is 1. The molecule has 1 amide bonds. The van der Waals surface area contributed by atoms with Crippen LogP contribution in [0.2, 0.25) is 0 Å². The Morgan fingerprint density at radius 2 is 2.00 bits per heavy atom. The first-order valence-corrected chi connectivity index (χ1v) is 12.7. The Morgan fingerprint density at radius 1 is 1.17 bits per heavy atom. The van der Waals surface area contributed by atoms with E-state index in [1.165, 1.54) is 6.08 Å². The zero-order valence-corrected chi connectivity index (χ0v) is 20.4. The highest BCUT2D eigenvalue weighted by Crippen LogP contribution is 2.40. The Bertz CT molecular complexity index is 1150. The smallest absolute Gasteiger partial charge is 0.246 e. The van der Waals surface area contributed by atoms with Crippen molar-refractivity contribution in [2.24, 2.45) is 0 Å². The van der Waals surface area contributed by atoms with Gasteiger partial charge in [-0.3, -0.25) is 9.69 Å². The summed E-state index contributed by atoms with van der Waals surface area (Å²) in [5, 5.41) is 3.47. The Kier molecular flexibility index (Phi) is 6.27. The highest BCUT2D eigenvalue weighted by Gasteiger charge is 2.39. The van der Waals surface area contributed by atoms with Gasteiger partial charge in [0.1, 0.15) is 24.3 Å². The molecular formula is C27H32FN5O3. The summed E-state index contributed by atoms with van der Waals surface area (Å²) in [5.41, 5.74) is 3.94. The number of ether oxygens (including phenoxy) is 2.